The van der Waals surface area contributed by atoms with Crippen molar-refractivity contribution in [1.82, 2.24) is 24.5 Å². The van der Waals surface area contributed by atoms with Crippen molar-refractivity contribution < 1.29 is 27.6 Å². The molecule has 8 nitrogen and oxygen atoms in total. The Morgan fingerprint density at radius 3 is 1.95 bits per heavy atom. The third-order valence-electron chi connectivity index (χ3n) is 8.89. The molecule has 3 aliphatic heterocycles. The smallest absolute Gasteiger partial charge is 0.342 e. The molecule has 0 unspecified atom stereocenters. The fourth-order valence-corrected chi connectivity index (χ4v) is 6.17. The summed E-state index contributed by atoms with van der Waals surface area (Å²) in [6, 6.07) is 11.6. The van der Waals surface area contributed by atoms with E-state index >= 15 is 0 Å². The molecule has 5 rings (SSSR count). The highest BCUT2D eigenvalue weighted by Gasteiger charge is 2.36. The monoisotopic (exact) mass is 585 g/mol. The van der Waals surface area contributed by atoms with Gasteiger partial charge in [0, 0.05) is 65.0 Å². The van der Waals surface area contributed by atoms with Gasteiger partial charge in [-0.2, -0.15) is 13.2 Å². The van der Waals surface area contributed by atoms with Gasteiger partial charge in [0.25, 0.3) is 5.91 Å². The number of carbonyl (C=O) groups is 3. The maximum Gasteiger partial charge on any atom is 0.416 e. The zero-order valence-corrected chi connectivity index (χ0v) is 24.1. The minimum atomic E-state index is -4.39. The van der Waals surface area contributed by atoms with Gasteiger partial charge in [-0.25, -0.2) is 4.79 Å². The summed E-state index contributed by atoms with van der Waals surface area (Å²) < 4.78 is 38.6. The van der Waals surface area contributed by atoms with Crippen molar-refractivity contribution in [3.63, 3.8) is 0 Å². The van der Waals surface area contributed by atoms with E-state index in [4.69, 9.17) is 0 Å². The van der Waals surface area contributed by atoms with Gasteiger partial charge in [0.05, 0.1) is 18.2 Å². The summed E-state index contributed by atoms with van der Waals surface area (Å²) in [6.07, 6.45) is -0.746. The number of halogens is 3. The maximum absolute atomic E-state index is 13.3. The average molecular weight is 586 g/mol. The number of benzene rings is 2. The molecule has 0 saturated carbocycles. The molecule has 0 spiro atoms. The summed E-state index contributed by atoms with van der Waals surface area (Å²) in [4.78, 5) is 48.4. The van der Waals surface area contributed by atoms with Crippen molar-refractivity contribution in [3.05, 3.63) is 59.7 Å². The number of nitrogens with zero attached hydrogens (tertiary/aromatic N) is 5. The fourth-order valence-electron chi connectivity index (χ4n) is 6.17. The number of amides is 4. The number of hydrogen-bond donors (Lipinski definition) is 0. The molecule has 11 heteroatoms. The lowest BCUT2D eigenvalue weighted by molar-refractivity contribution is -0.137. The van der Waals surface area contributed by atoms with E-state index in [0.717, 1.165) is 56.6 Å². The molecule has 42 heavy (non-hydrogen) atoms. The van der Waals surface area contributed by atoms with Crippen molar-refractivity contribution in [2.24, 2.45) is 0 Å². The zero-order chi connectivity index (χ0) is 30.0. The third-order valence-corrected chi connectivity index (χ3v) is 8.89. The second kappa shape index (κ2) is 12.3. The summed E-state index contributed by atoms with van der Waals surface area (Å²) in [5.41, 5.74) is 1.12. The summed E-state index contributed by atoms with van der Waals surface area (Å²) in [6.45, 7) is 4.56. The Morgan fingerprint density at radius 1 is 0.762 bits per heavy atom. The molecule has 226 valence electrons. The molecule has 0 radical (unpaired) electrons. The van der Waals surface area contributed by atoms with Gasteiger partial charge in [0.15, 0.2) is 0 Å². The highest BCUT2D eigenvalue weighted by Crippen LogP contribution is 2.31. The van der Waals surface area contributed by atoms with E-state index in [1.54, 1.807) is 46.0 Å². The molecule has 3 fully saturated rings. The number of carbonyl (C=O) groups excluding carboxylic acids is 3. The lowest BCUT2D eigenvalue weighted by atomic mass is 10.0. The van der Waals surface area contributed by atoms with E-state index < -0.39 is 11.7 Å². The largest absolute Gasteiger partial charge is 0.416 e. The van der Waals surface area contributed by atoms with Gasteiger partial charge < -0.3 is 19.6 Å². The molecular formula is C31H38F3N5O3. The van der Waals surface area contributed by atoms with Crippen LogP contribution in [0.25, 0.3) is 11.1 Å². The lowest BCUT2D eigenvalue weighted by Crippen LogP contribution is -2.48. The van der Waals surface area contributed by atoms with E-state index in [9.17, 15) is 27.6 Å². The van der Waals surface area contributed by atoms with Gasteiger partial charge in [-0.05, 0) is 61.1 Å². The summed E-state index contributed by atoms with van der Waals surface area (Å²) in [5.74, 6) is 0.00201. The first-order valence-electron chi connectivity index (χ1n) is 14.6. The van der Waals surface area contributed by atoms with Crippen LogP contribution < -0.4 is 0 Å². The van der Waals surface area contributed by atoms with Crippen molar-refractivity contribution in [2.75, 3.05) is 59.9 Å². The summed E-state index contributed by atoms with van der Waals surface area (Å²) in [7, 11) is 3.56. The highest BCUT2D eigenvalue weighted by molar-refractivity contribution is 5.95. The highest BCUT2D eigenvalue weighted by atomic mass is 19.4. The molecule has 0 aromatic heterocycles. The normalized spacial score (nSPS) is 21.2. The van der Waals surface area contributed by atoms with Crippen LogP contribution in [0.2, 0.25) is 0 Å². The van der Waals surface area contributed by atoms with Crippen LogP contribution in [0.1, 0.15) is 41.6 Å². The summed E-state index contributed by atoms with van der Waals surface area (Å²) in [5, 5.41) is 0. The van der Waals surface area contributed by atoms with Crippen LogP contribution in [0.5, 0.6) is 0 Å². The second-order valence-corrected chi connectivity index (χ2v) is 11.6. The maximum atomic E-state index is 13.3. The second-order valence-electron chi connectivity index (χ2n) is 11.6. The van der Waals surface area contributed by atoms with Crippen molar-refractivity contribution >= 4 is 17.8 Å². The first-order chi connectivity index (χ1) is 20.0. The third kappa shape index (κ3) is 6.56. The van der Waals surface area contributed by atoms with E-state index in [1.165, 1.54) is 12.1 Å². The number of likely N-dealkylation sites (N-methyl/N-ethyl adjacent to an activating group) is 2. The number of urea groups is 1. The quantitative estimate of drug-likeness (QED) is 0.508. The SMILES string of the molecule is CN(C(=O)c1ccc(-c2ccc(C(F)(F)F)cc2)cc1)[C@H]1CCN(C(=O)N(C)[C@@H]2CCN(CC(=O)N3CCCC3)C2)C1. The first kappa shape index (κ1) is 29.9. The van der Waals surface area contributed by atoms with Crippen molar-refractivity contribution in [3.8, 4) is 11.1 Å². The molecule has 2 atom stereocenters. The molecule has 3 aliphatic rings. The van der Waals surface area contributed by atoms with E-state index in [2.05, 4.69) is 4.90 Å². The molecule has 0 N–H and O–H groups in total. The summed E-state index contributed by atoms with van der Waals surface area (Å²) >= 11 is 0. The molecule has 0 aliphatic carbocycles. The van der Waals surface area contributed by atoms with Crippen LogP contribution in [-0.4, -0.2) is 114 Å². The number of likely N-dealkylation sites (tertiary alicyclic amines) is 3. The Labute approximate surface area is 244 Å². The Balaban J connectivity index is 1.12. The Kier molecular flexibility index (Phi) is 8.77. The molecule has 3 heterocycles. The Morgan fingerprint density at radius 2 is 1.33 bits per heavy atom. The van der Waals surface area contributed by atoms with Crippen LogP contribution >= 0.6 is 0 Å². The molecule has 2 aromatic rings. The van der Waals surface area contributed by atoms with Crippen LogP contribution in [0.4, 0.5) is 18.0 Å². The Bertz CT molecular complexity index is 1280. The van der Waals surface area contributed by atoms with Gasteiger partial charge in [-0.15, -0.1) is 0 Å². The number of rotatable bonds is 6. The van der Waals surface area contributed by atoms with Crippen molar-refractivity contribution in [2.45, 2.75) is 43.9 Å². The van der Waals surface area contributed by atoms with Gasteiger partial charge in [-0.1, -0.05) is 24.3 Å². The lowest BCUT2D eigenvalue weighted by Gasteiger charge is -2.30. The topological polar surface area (TPSA) is 67.4 Å². The minimum Gasteiger partial charge on any atom is -0.342 e. The number of alkyl halides is 3. The van der Waals surface area contributed by atoms with Crippen LogP contribution in [-0.2, 0) is 11.0 Å². The number of hydrogen-bond acceptors (Lipinski definition) is 4. The van der Waals surface area contributed by atoms with E-state index in [1.807, 2.05) is 11.9 Å². The Hall–Kier alpha value is -3.60. The first-order valence-corrected chi connectivity index (χ1v) is 14.6. The van der Waals surface area contributed by atoms with E-state index in [0.29, 0.717) is 43.7 Å². The van der Waals surface area contributed by atoms with E-state index in [-0.39, 0.29) is 29.9 Å². The average Bonchev–Trinajstić information content (AvgIpc) is 3.78. The van der Waals surface area contributed by atoms with Gasteiger partial charge in [0.1, 0.15) is 0 Å². The molecule has 3 saturated heterocycles. The fraction of sp³-hybridized carbons (Fsp3) is 0.516. The molecular weight excluding hydrogens is 547 g/mol. The predicted molar refractivity (Wildman–Crippen MR) is 153 cm³/mol. The van der Waals surface area contributed by atoms with Crippen molar-refractivity contribution in [1.29, 1.82) is 0 Å². The van der Waals surface area contributed by atoms with Crippen LogP contribution in [0.15, 0.2) is 48.5 Å². The van der Waals surface area contributed by atoms with Gasteiger partial charge in [0.2, 0.25) is 5.91 Å². The zero-order valence-electron chi connectivity index (χ0n) is 24.1. The van der Waals surface area contributed by atoms with Crippen LogP contribution in [0, 0.1) is 0 Å². The predicted octanol–water partition coefficient (Wildman–Crippen LogP) is 4.27. The minimum absolute atomic E-state index is 0.0467. The van der Waals surface area contributed by atoms with Gasteiger partial charge in [-0.3, -0.25) is 14.5 Å². The molecule has 4 amide bonds. The standard InChI is InChI=1S/C31H38F3N5O3/c1-35(29(41)24-7-5-22(6-8-24)23-9-11-25(12-10-23)31(32,33)34)27-14-18-39(20-27)30(42)36(2)26-13-17-37(19-26)21-28(40)38-15-3-4-16-38/h5-12,26-27H,3-4,13-21H2,1-2H3/t26-,27+/m1/s1. The van der Waals surface area contributed by atoms with Gasteiger partial charge >= 0.3 is 12.2 Å². The van der Waals surface area contributed by atoms with Crippen LogP contribution in [0.3, 0.4) is 0 Å². The molecule has 0 bridgehead atoms. The molecule has 2 aromatic carbocycles.